The highest BCUT2D eigenvalue weighted by molar-refractivity contribution is 5.67. The van der Waals surface area contributed by atoms with E-state index >= 15 is 0 Å². The third kappa shape index (κ3) is 2.91. The van der Waals surface area contributed by atoms with Crippen molar-refractivity contribution in [1.82, 2.24) is 0 Å². The van der Waals surface area contributed by atoms with Gasteiger partial charge >= 0.3 is 5.97 Å². The third-order valence-electron chi connectivity index (χ3n) is 2.09. The summed E-state index contributed by atoms with van der Waals surface area (Å²) in [6.07, 6.45) is -3.81. The van der Waals surface area contributed by atoms with E-state index in [9.17, 15) is 19.4 Å². The molecule has 0 aromatic heterocycles. The van der Waals surface area contributed by atoms with E-state index < -0.39 is 30.4 Å². The Bertz CT molecular complexity index is 396. The van der Waals surface area contributed by atoms with Gasteiger partial charge in [-0.25, -0.2) is 4.39 Å². The molecule has 1 rings (SSSR count). The van der Waals surface area contributed by atoms with Crippen molar-refractivity contribution in [3.63, 3.8) is 0 Å². The second kappa shape index (κ2) is 4.91. The van der Waals surface area contributed by atoms with Crippen LogP contribution >= 0.6 is 0 Å². The Balaban J connectivity index is 2.87. The summed E-state index contributed by atoms with van der Waals surface area (Å²) >= 11 is 0. The van der Waals surface area contributed by atoms with Crippen LogP contribution in [0, 0.1) is 5.82 Å². The lowest BCUT2D eigenvalue weighted by Gasteiger charge is -2.17. The molecule has 0 aliphatic carbocycles. The molecule has 0 aliphatic rings. The average molecular weight is 229 g/mol. The monoisotopic (exact) mass is 229 g/mol. The normalized spacial score (nSPS) is 14.4. The fraction of sp³-hybridized carbons (Fsp3) is 0.300. The van der Waals surface area contributed by atoms with Gasteiger partial charge in [-0.15, -0.1) is 0 Å². The molecule has 5 N–H and O–H groups in total. The summed E-state index contributed by atoms with van der Waals surface area (Å²) in [5, 5.41) is 27.2. The SMILES string of the molecule is Nc1ccc(C(O)C(O)CC(=O)O)c(F)c1. The number of hydrogen-bond acceptors (Lipinski definition) is 4. The van der Waals surface area contributed by atoms with Crippen molar-refractivity contribution >= 4 is 11.7 Å². The first-order valence-corrected chi connectivity index (χ1v) is 4.54. The molecule has 0 bridgehead atoms. The molecule has 0 fully saturated rings. The van der Waals surface area contributed by atoms with Crippen molar-refractivity contribution in [2.75, 3.05) is 5.73 Å². The molecule has 2 atom stereocenters. The molecular weight excluding hydrogens is 217 g/mol. The van der Waals surface area contributed by atoms with E-state index in [0.29, 0.717) is 0 Å². The van der Waals surface area contributed by atoms with E-state index in [-0.39, 0.29) is 11.3 Å². The summed E-state index contributed by atoms with van der Waals surface area (Å²) in [5.41, 5.74) is 5.31. The number of carbonyl (C=O) groups is 1. The molecule has 16 heavy (non-hydrogen) atoms. The van der Waals surface area contributed by atoms with Crippen LogP contribution < -0.4 is 5.73 Å². The number of halogens is 1. The van der Waals surface area contributed by atoms with Gasteiger partial charge in [0.1, 0.15) is 11.9 Å². The van der Waals surface area contributed by atoms with Gasteiger partial charge in [-0.3, -0.25) is 4.79 Å². The lowest BCUT2D eigenvalue weighted by molar-refractivity contribution is -0.141. The largest absolute Gasteiger partial charge is 0.481 e. The highest BCUT2D eigenvalue weighted by Gasteiger charge is 2.23. The number of aliphatic carboxylic acids is 1. The number of aliphatic hydroxyl groups is 2. The van der Waals surface area contributed by atoms with Crippen LogP contribution in [-0.4, -0.2) is 27.4 Å². The molecule has 1 aromatic carbocycles. The van der Waals surface area contributed by atoms with E-state index in [1.54, 1.807) is 0 Å². The Morgan fingerprint density at radius 1 is 1.44 bits per heavy atom. The fourth-order valence-electron chi connectivity index (χ4n) is 1.28. The minimum Gasteiger partial charge on any atom is -0.481 e. The summed E-state index contributed by atoms with van der Waals surface area (Å²) in [6.45, 7) is 0. The highest BCUT2D eigenvalue weighted by atomic mass is 19.1. The first-order valence-electron chi connectivity index (χ1n) is 4.54. The maximum absolute atomic E-state index is 13.3. The third-order valence-corrected chi connectivity index (χ3v) is 2.09. The Hall–Kier alpha value is -1.66. The van der Waals surface area contributed by atoms with Crippen molar-refractivity contribution in [2.45, 2.75) is 18.6 Å². The predicted octanol–water partition coefficient (Wildman–Crippen LogP) is 0.277. The minimum atomic E-state index is -1.59. The van der Waals surface area contributed by atoms with Gasteiger partial charge in [0.25, 0.3) is 0 Å². The topological polar surface area (TPSA) is 104 Å². The molecule has 6 heteroatoms. The van der Waals surface area contributed by atoms with Crippen molar-refractivity contribution in [1.29, 1.82) is 0 Å². The van der Waals surface area contributed by atoms with Gasteiger partial charge in [-0.05, 0) is 12.1 Å². The van der Waals surface area contributed by atoms with Crippen molar-refractivity contribution in [3.8, 4) is 0 Å². The molecule has 0 radical (unpaired) electrons. The first kappa shape index (κ1) is 12.4. The van der Waals surface area contributed by atoms with E-state index in [0.717, 1.165) is 6.07 Å². The maximum atomic E-state index is 13.3. The number of carboxylic acid groups (broad SMARTS) is 1. The van der Waals surface area contributed by atoms with Crippen LogP contribution in [0.25, 0.3) is 0 Å². The van der Waals surface area contributed by atoms with Gasteiger partial charge in [-0.1, -0.05) is 6.07 Å². The van der Waals surface area contributed by atoms with Gasteiger partial charge in [0.15, 0.2) is 0 Å². The van der Waals surface area contributed by atoms with E-state index in [1.807, 2.05) is 0 Å². The molecule has 2 unspecified atom stereocenters. The second-order valence-corrected chi connectivity index (χ2v) is 3.39. The number of aliphatic hydroxyl groups excluding tert-OH is 2. The number of nitrogen functional groups attached to an aromatic ring is 1. The first-order chi connectivity index (χ1) is 7.41. The van der Waals surface area contributed by atoms with E-state index in [2.05, 4.69) is 0 Å². The molecule has 0 heterocycles. The molecule has 5 nitrogen and oxygen atoms in total. The maximum Gasteiger partial charge on any atom is 0.306 e. The molecule has 0 saturated heterocycles. The van der Waals surface area contributed by atoms with Gasteiger partial charge in [0, 0.05) is 11.3 Å². The van der Waals surface area contributed by atoms with Crippen LogP contribution in [0.4, 0.5) is 10.1 Å². The van der Waals surface area contributed by atoms with Gasteiger partial charge in [-0.2, -0.15) is 0 Å². The Kier molecular flexibility index (Phi) is 3.81. The van der Waals surface area contributed by atoms with Crippen LogP contribution in [0.1, 0.15) is 18.1 Å². The number of benzene rings is 1. The molecular formula is C10H12FNO4. The van der Waals surface area contributed by atoms with Crippen LogP contribution in [0.5, 0.6) is 0 Å². The second-order valence-electron chi connectivity index (χ2n) is 3.39. The van der Waals surface area contributed by atoms with Crippen LogP contribution in [0.15, 0.2) is 18.2 Å². The van der Waals surface area contributed by atoms with Crippen LogP contribution in [0.2, 0.25) is 0 Å². The zero-order chi connectivity index (χ0) is 12.3. The zero-order valence-electron chi connectivity index (χ0n) is 8.30. The van der Waals surface area contributed by atoms with Crippen molar-refractivity contribution in [3.05, 3.63) is 29.6 Å². The summed E-state index contributed by atoms with van der Waals surface area (Å²) in [4.78, 5) is 10.3. The number of nitrogens with two attached hydrogens (primary N) is 1. The van der Waals surface area contributed by atoms with Gasteiger partial charge in [0.2, 0.25) is 0 Å². The highest BCUT2D eigenvalue weighted by Crippen LogP contribution is 2.23. The van der Waals surface area contributed by atoms with Crippen LogP contribution in [0.3, 0.4) is 0 Å². The Morgan fingerprint density at radius 2 is 2.06 bits per heavy atom. The molecule has 88 valence electrons. The Morgan fingerprint density at radius 3 is 2.56 bits per heavy atom. The summed E-state index contributed by atoms with van der Waals surface area (Å²) in [5.74, 6) is -2.06. The minimum absolute atomic E-state index is 0.178. The summed E-state index contributed by atoms with van der Waals surface area (Å²) in [6, 6.07) is 3.56. The number of anilines is 1. The average Bonchev–Trinajstić information content (AvgIpc) is 2.15. The lowest BCUT2D eigenvalue weighted by Crippen LogP contribution is -2.22. The zero-order valence-corrected chi connectivity index (χ0v) is 8.30. The van der Waals surface area contributed by atoms with Crippen molar-refractivity contribution < 1.29 is 24.5 Å². The number of carboxylic acids is 1. The molecule has 0 spiro atoms. The van der Waals surface area contributed by atoms with Crippen molar-refractivity contribution in [2.24, 2.45) is 0 Å². The smallest absolute Gasteiger partial charge is 0.306 e. The molecule has 0 amide bonds. The Labute approximate surface area is 90.9 Å². The fourth-order valence-corrected chi connectivity index (χ4v) is 1.28. The lowest BCUT2D eigenvalue weighted by atomic mass is 10.0. The number of hydrogen-bond donors (Lipinski definition) is 4. The molecule has 0 aliphatic heterocycles. The van der Waals surface area contributed by atoms with Crippen LogP contribution in [-0.2, 0) is 4.79 Å². The van der Waals surface area contributed by atoms with E-state index in [4.69, 9.17) is 10.8 Å². The van der Waals surface area contributed by atoms with Gasteiger partial charge in [0.05, 0.1) is 12.5 Å². The quantitative estimate of drug-likeness (QED) is 0.555. The van der Waals surface area contributed by atoms with Gasteiger partial charge < -0.3 is 21.1 Å². The summed E-state index contributed by atoms with van der Waals surface area (Å²) < 4.78 is 13.3. The van der Waals surface area contributed by atoms with E-state index in [1.165, 1.54) is 12.1 Å². The molecule has 0 saturated carbocycles. The number of rotatable bonds is 4. The standard InChI is InChI=1S/C10H12FNO4/c11-7-3-5(12)1-2-6(7)10(16)8(13)4-9(14)15/h1-3,8,10,13,16H,4,12H2,(H,14,15). The molecule has 1 aromatic rings. The summed E-state index contributed by atoms with van der Waals surface area (Å²) in [7, 11) is 0. The predicted molar refractivity (Wildman–Crippen MR) is 54.0 cm³/mol.